The minimum Gasteiger partial charge on any atom is -0.354 e. The van der Waals surface area contributed by atoms with Crippen molar-refractivity contribution in [3.8, 4) is 12.3 Å². The molecule has 1 aliphatic heterocycles. The number of carbonyl (C=O) groups is 2. The van der Waals surface area contributed by atoms with Crippen molar-refractivity contribution >= 4 is 11.8 Å². The molecule has 1 aliphatic rings. The Kier molecular flexibility index (Phi) is 5.50. The Balaban J connectivity index is 2.16. The Morgan fingerprint density at radius 3 is 2.65 bits per heavy atom. The molecule has 17 heavy (non-hydrogen) atoms. The molecular weight excluding hydrogens is 218 g/mol. The lowest BCUT2D eigenvalue weighted by Gasteiger charge is -2.15. The third kappa shape index (κ3) is 4.45. The lowest BCUT2D eigenvalue weighted by atomic mass is 10.2. The Bertz CT molecular complexity index is 316. The number of nitrogens with zero attached hydrogens (tertiary/aromatic N) is 1. The molecule has 5 nitrogen and oxygen atoms in total. The summed E-state index contributed by atoms with van der Waals surface area (Å²) in [7, 11) is 0. The van der Waals surface area contributed by atoms with Crippen LogP contribution in [0.3, 0.4) is 0 Å². The average Bonchev–Trinajstić information content (AvgIpc) is 2.82. The van der Waals surface area contributed by atoms with E-state index in [4.69, 9.17) is 12.2 Å². The normalized spacial score (nSPS) is 16.4. The molecule has 0 radical (unpaired) electrons. The third-order valence-electron chi connectivity index (χ3n) is 2.77. The number of amides is 2. The van der Waals surface area contributed by atoms with Gasteiger partial charge in [0.1, 0.15) is 0 Å². The van der Waals surface area contributed by atoms with Crippen molar-refractivity contribution in [1.82, 2.24) is 10.2 Å². The van der Waals surface area contributed by atoms with Crippen molar-refractivity contribution in [3.63, 3.8) is 0 Å². The van der Waals surface area contributed by atoms with Crippen LogP contribution in [0, 0.1) is 12.3 Å². The monoisotopic (exact) mass is 237 g/mol. The van der Waals surface area contributed by atoms with Gasteiger partial charge in [0, 0.05) is 32.5 Å². The summed E-state index contributed by atoms with van der Waals surface area (Å²) in [5.41, 5.74) is 5.52. The number of likely N-dealkylation sites (tertiary alicyclic amines) is 1. The fraction of sp³-hybridized carbons (Fsp3) is 0.667. The summed E-state index contributed by atoms with van der Waals surface area (Å²) < 4.78 is 0. The zero-order valence-corrected chi connectivity index (χ0v) is 9.95. The lowest BCUT2D eigenvalue weighted by Crippen LogP contribution is -2.41. The maximum Gasteiger partial charge on any atom is 0.237 e. The molecule has 0 aliphatic carbocycles. The van der Waals surface area contributed by atoms with Gasteiger partial charge in [0.2, 0.25) is 11.8 Å². The van der Waals surface area contributed by atoms with E-state index in [0.29, 0.717) is 13.0 Å². The molecule has 1 heterocycles. The smallest absolute Gasteiger partial charge is 0.237 e. The molecule has 0 aromatic heterocycles. The van der Waals surface area contributed by atoms with Gasteiger partial charge in [0.25, 0.3) is 0 Å². The van der Waals surface area contributed by atoms with Gasteiger partial charge in [0.05, 0.1) is 6.04 Å². The average molecular weight is 237 g/mol. The number of hydrogen-bond donors (Lipinski definition) is 2. The van der Waals surface area contributed by atoms with Crippen LogP contribution in [0.1, 0.15) is 25.7 Å². The van der Waals surface area contributed by atoms with Gasteiger partial charge >= 0.3 is 0 Å². The van der Waals surface area contributed by atoms with Crippen LogP contribution in [0.25, 0.3) is 0 Å². The fourth-order valence-electron chi connectivity index (χ4n) is 1.77. The largest absolute Gasteiger partial charge is 0.354 e. The van der Waals surface area contributed by atoms with Crippen LogP contribution in [-0.4, -0.2) is 42.4 Å². The van der Waals surface area contributed by atoms with E-state index in [-0.39, 0.29) is 18.2 Å². The van der Waals surface area contributed by atoms with Crippen LogP contribution >= 0.6 is 0 Å². The quantitative estimate of drug-likeness (QED) is 0.631. The zero-order chi connectivity index (χ0) is 12.7. The molecule has 0 spiro atoms. The summed E-state index contributed by atoms with van der Waals surface area (Å²) in [5, 5.41) is 2.61. The molecule has 0 aromatic rings. The number of rotatable bonds is 5. The van der Waals surface area contributed by atoms with Crippen LogP contribution in [0.4, 0.5) is 0 Å². The number of terminal acetylenes is 1. The standard InChI is InChI=1S/C12H19N3O2/c1-2-5-10(13)12(17)14-7-6-11(16)15-8-3-4-9-15/h1,10H,3-9,13H2,(H,14,17). The Labute approximate surface area is 102 Å². The number of nitrogens with one attached hydrogen (secondary N) is 1. The zero-order valence-electron chi connectivity index (χ0n) is 9.95. The first-order valence-corrected chi connectivity index (χ1v) is 5.89. The molecule has 1 fully saturated rings. The maximum atomic E-state index is 11.6. The second kappa shape index (κ2) is 6.92. The minimum atomic E-state index is -0.679. The molecule has 0 aromatic carbocycles. The molecule has 5 heteroatoms. The second-order valence-electron chi connectivity index (χ2n) is 4.14. The van der Waals surface area contributed by atoms with E-state index in [1.807, 2.05) is 4.90 Å². The van der Waals surface area contributed by atoms with Gasteiger partial charge in [-0.1, -0.05) is 0 Å². The van der Waals surface area contributed by atoms with Crippen LogP contribution in [-0.2, 0) is 9.59 Å². The summed E-state index contributed by atoms with van der Waals surface area (Å²) in [6.45, 7) is 2.00. The van der Waals surface area contributed by atoms with Crippen LogP contribution in [0.2, 0.25) is 0 Å². The van der Waals surface area contributed by atoms with E-state index in [2.05, 4.69) is 11.2 Å². The Morgan fingerprint density at radius 1 is 1.41 bits per heavy atom. The van der Waals surface area contributed by atoms with E-state index in [9.17, 15) is 9.59 Å². The number of carbonyl (C=O) groups excluding carboxylic acids is 2. The van der Waals surface area contributed by atoms with Crippen LogP contribution in [0.15, 0.2) is 0 Å². The van der Waals surface area contributed by atoms with Gasteiger partial charge in [-0.05, 0) is 12.8 Å². The van der Waals surface area contributed by atoms with E-state index in [1.54, 1.807) is 0 Å². The third-order valence-corrected chi connectivity index (χ3v) is 2.77. The van der Waals surface area contributed by atoms with E-state index < -0.39 is 6.04 Å². The molecular formula is C12H19N3O2. The van der Waals surface area contributed by atoms with Crippen LogP contribution < -0.4 is 11.1 Å². The lowest BCUT2D eigenvalue weighted by molar-refractivity contribution is -0.130. The van der Waals surface area contributed by atoms with Gasteiger partial charge in [-0.3, -0.25) is 9.59 Å². The molecule has 1 saturated heterocycles. The highest BCUT2D eigenvalue weighted by molar-refractivity contribution is 5.82. The molecule has 0 bridgehead atoms. The van der Waals surface area contributed by atoms with Crippen molar-refractivity contribution < 1.29 is 9.59 Å². The predicted molar refractivity (Wildman–Crippen MR) is 64.9 cm³/mol. The maximum absolute atomic E-state index is 11.6. The first kappa shape index (κ1) is 13.5. The summed E-state index contributed by atoms with van der Waals surface area (Å²) in [5.74, 6) is 2.13. The summed E-state index contributed by atoms with van der Waals surface area (Å²) in [6.07, 6.45) is 7.75. The summed E-state index contributed by atoms with van der Waals surface area (Å²) in [6, 6.07) is -0.679. The highest BCUT2D eigenvalue weighted by Gasteiger charge is 2.18. The molecule has 94 valence electrons. The van der Waals surface area contributed by atoms with Crippen molar-refractivity contribution in [2.24, 2.45) is 5.73 Å². The van der Waals surface area contributed by atoms with Crippen molar-refractivity contribution in [2.45, 2.75) is 31.7 Å². The fourth-order valence-corrected chi connectivity index (χ4v) is 1.77. The van der Waals surface area contributed by atoms with E-state index in [1.165, 1.54) is 0 Å². The molecule has 1 unspecified atom stereocenters. The van der Waals surface area contributed by atoms with Crippen molar-refractivity contribution in [1.29, 1.82) is 0 Å². The minimum absolute atomic E-state index is 0.0910. The first-order valence-electron chi connectivity index (χ1n) is 5.89. The second-order valence-corrected chi connectivity index (χ2v) is 4.14. The van der Waals surface area contributed by atoms with Gasteiger partial charge in [-0.2, -0.15) is 0 Å². The SMILES string of the molecule is C#CCC(N)C(=O)NCCC(=O)N1CCCC1. The van der Waals surface area contributed by atoms with Gasteiger partial charge < -0.3 is 16.0 Å². The topological polar surface area (TPSA) is 75.4 Å². The highest BCUT2D eigenvalue weighted by Crippen LogP contribution is 2.08. The number of nitrogens with two attached hydrogens (primary N) is 1. The van der Waals surface area contributed by atoms with E-state index >= 15 is 0 Å². The first-order chi connectivity index (χ1) is 8.15. The number of hydrogen-bond acceptors (Lipinski definition) is 3. The summed E-state index contributed by atoms with van der Waals surface area (Å²) >= 11 is 0. The molecule has 0 saturated carbocycles. The molecule has 3 N–H and O–H groups in total. The Hall–Kier alpha value is -1.54. The van der Waals surface area contributed by atoms with Gasteiger partial charge in [0.15, 0.2) is 0 Å². The highest BCUT2D eigenvalue weighted by atomic mass is 16.2. The van der Waals surface area contributed by atoms with Crippen LogP contribution in [0.5, 0.6) is 0 Å². The van der Waals surface area contributed by atoms with E-state index in [0.717, 1.165) is 25.9 Å². The van der Waals surface area contributed by atoms with Crippen molar-refractivity contribution in [2.75, 3.05) is 19.6 Å². The molecule has 1 atom stereocenters. The molecule has 1 rings (SSSR count). The summed E-state index contributed by atoms with van der Waals surface area (Å²) in [4.78, 5) is 24.8. The molecule has 2 amide bonds. The Morgan fingerprint density at radius 2 is 2.06 bits per heavy atom. The van der Waals surface area contributed by atoms with Crippen molar-refractivity contribution in [3.05, 3.63) is 0 Å². The van der Waals surface area contributed by atoms with Gasteiger partial charge in [-0.15, -0.1) is 12.3 Å². The van der Waals surface area contributed by atoms with Gasteiger partial charge in [-0.25, -0.2) is 0 Å². The predicted octanol–water partition coefficient (Wildman–Crippen LogP) is -0.534.